The van der Waals surface area contributed by atoms with Crippen molar-refractivity contribution in [3.63, 3.8) is 0 Å². The Bertz CT molecular complexity index is 1780. The first-order chi connectivity index (χ1) is 18.7. The van der Waals surface area contributed by atoms with Crippen LogP contribution in [-0.2, 0) is 4.79 Å². The maximum absolute atomic E-state index is 12.6. The Morgan fingerprint density at radius 2 is 1.63 bits per heavy atom. The molecule has 186 valence electrons. The molecule has 3 N–H and O–H groups in total. The third-order valence-electron chi connectivity index (χ3n) is 7.38. The number of carbonyl (C=O) groups excluding carboxylic acids is 1. The molecule has 7 rings (SSSR count). The standard InChI is InChI=1S/C30H25N7O/c38-30(19-3-1-2-4-19)34-22-13-21(16-32-17-22)20-5-6-26-23(14-20)29(37-36-26)27-15-24-25(35-27)9-12-33-28(24)18-7-10-31-11-8-18/h5-17,19,35H,1-4H2,(H,34,38)(H,36,37). The van der Waals surface area contributed by atoms with Crippen molar-refractivity contribution >= 4 is 33.4 Å². The van der Waals surface area contributed by atoms with Gasteiger partial charge in [0.15, 0.2) is 0 Å². The summed E-state index contributed by atoms with van der Waals surface area (Å²) in [5.74, 6) is 0.197. The van der Waals surface area contributed by atoms with E-state index in [0.717, 1.165) is 86.9 Å². The lowest BCUT2D eigenvalue weighted by Crippen LogP contribution is -2.20. The molecule has 1 aliphatic carbocycles. The van der Waals surface area contributed by atoms with Crippen LogP contribution >= 0.6 is 0 Å². The topological polar surface area (TPSA) is 112 Å². The molecule has 0 unspecified atom stereocenters. The molecule has 1 aromatic carbocycles. The molecule has 1 aliphatic rings. The van der Waals surface area contributed by atoms with E-state index in [-0.39, 0.29) is 11.8 Å². The van der Waals surface area contributed by atoms with Crippen molar-refractivity contribution in [3.05, 3.63) is 79.5 Å². The zero-order valence-electron chi connectivity index (χ0n) is 20.6. The smallest absolute Gasteiger partial charge is 0.227 e. The normalized spacial score (nSPS) is 13.9. The minimum atomic E-state index is 0.0912. The minimum Gasteiger partial charge on any atom is -0.353 e. The average Bonchev–Trinajstić information content (AvgIpc) is 3.73. The zero-order valence-corrected chi connectivity index (χ0v) is 20.6. The van der Waals surface area contributed by atoms with Crippen LogP contribution in [0.3, 0.4) is 0 Å². The summed E-state index contributed by atoms with van der Waals surface area (Å²) in [6.45, 7) is 0. The molecule has 1 amide bonds. The van der Waals surface area contributed by atoms with Crippen LogP contribution in [0.5, 0.6) is 0 Å². The number of hydrogen-bond donors (Lipinski definition) is 3. The summed E-state index contributed by atoms with van der Waals surface area (Å²) >= 11 is 0. The van der Waals surface area contributed by atoms with Gasteiger partial charge in [-0.25, -0.2) is 0 Å². The molecule has 0 bridgehead atoms. The lowest BCUT2D eigenvalue weighted by atomic mass is 10.0. The number of pyridine rings is 3. The Morgan fingerprint density at radius 3 is 2.50 bits per heavy atom. The zero-order chi connectivity index (χ0) is 25.5. The lowest BCUT2D eigenvalue weighted by Gasteiger charge is -2.11. The summed E-state index contributed by atoms with van der Waals surface area (Å²) in [5.41, 5.74) is 8.23. The number of hydrogen-bond acceptors (Lipinski definition) is 5. The first kappa shape index (κ1) is 22.4. The number of fused-ring (bicyclic) bond motifs is 2. The van der Waals surface area contributed by atoms with E-state index < -0.39 is 0 Å². The van der Waals surface area contributed by atoms with Crippen molar-refractivity contribution in [2.75, 3.05) is 5.32 Å². The number of rotatable bonds is 5. The number of benzene rings is 1. The fraction of sp³-hybridized carbons (Fsp3) is 0.167. The monoisotopic (exact) mass is 499 g/mol. The number of aromatic nitrogens is 6. The van der Waals surface area contributed by atoms with Crippen LogP contribution in [0.15, 0.2) is 79.5 Å². The van der Waals surface area contributed by atoms with Gasteiger partial charge < -0.3 is 10.3 Å². The van der Waals surface area contributed by atoms with Crippen LogP contribution in [0.25, 0.3) is 55.6 Å². The Hall–Kier alpha value is -4.85. The van der Waals surface area contributed by atoms with Crippen molar-refractivity contribution in [1.29, 1.82) is 0 Å². The lowest BCUT2D eigenvalue weighted by molar-refractivity contribution is -0.119. The molecule has 5 aromatic heterocycles. The Balaban J connectivity index is 1.25. The summed E-state index contributed by atoms with van der Waals surface area (Å²) in [7, 11) is 0. The van der Waals surface area contributed by atoms with Crippen LogP contribution in [0.1, 0.15) is 25.7 Å². The highest BCUT2D eigenvalue weighted by atomic mass is 16.1. The van der Waals surface area contributed by atoms with Crippen molar-refractivity contribution in [2.45, 2.75) is 25.7 Å². The summed E-state index contributed by atoms with van der Waals surface area (Å²) < 4.78 is 0. The molecule has 1 fully saturated rings. The molecule has 0 atom stereocenters. The molecule has 0 saturated heterocycles. The molecule has 8 heteroatoms. The van der Waals surface area contributed by atoms with Crippen molar-refractivity contribution in [3.8, 4) is 33.8 Å². The van der Waals surface area contributed by atoms with E-state index in [1.807, 2.05) is 48.8 Å². The highest BCUT2D eigenvalue weighted by Crippen LogP contribution is 2.34. The fourth-order valence-corrected chi connectivity index (χ4v) is 5.42. The molecule has 0 radical (unpaired) electrons. The van der Waals surface area contributed by atoms with Gasteiger partial charge in [-0.15, -0.1) is 0 Å². The van der Waals surface area contributed by atoms with Crippen LogP contribution in [0.4, 0.5) is 5.69 Å². The van der Waals surface area contributed by atoms with Crippen LogP contribution in [0.2, 0.25) is 0 Å². The number of anilines is 1. The maximum Gasteiger partial charge on any atom is 0.227 e. The van der Waals surface area contributed by atoms with E-state index in [1.54, 1.807) is 18.6 Å². The summed E-state index contributed by atoms with van der Waals surface area (Å²) in [4.78, 5) is 29.3. The van der Waals surface area contributed by atoms with Gasteiger partial charge in [-0.05, 0) is 60.9 Å². The number of carbonyl (C=O) groups is 1. The molecular formula is C30H25N7O. The number of amides is 1. The van der Waals surface area contributed by atoms with Crippen LogP contribution in [-0.4, -0.2) is 36.0 Å². The molecule has 0 aliphatic heterocycles. The summed E-state index contributed by atoms with van der Waals surface area (Å²) in [6.07, 6.45) is 13.1. The van der Waals surface area contributed by atoms with E-state index in [1.165, 1.54) is 0 Å². The molecule has 38 heavy (non-hydrogen) atoms. The van der Waals surface area contributed by atoms with Gasteiger partial charge in [0.1, 0.15) is 5.69 Å². The number of nitrogens with one attached hydrogen (secondary N) is 3. The molecule has 5 heterocycles. The van der Waals surface area contributed by atoms with Crippen molar-refractivity contribution in [2.24, 2.45) is 5.92 Å². The van der Waals surface area contributed by atoms with Gasteiger partial charge in [0.2, 0.25) is 5.91 Å². The number of aromatic amines is 2. The van der Waals surface area contributed by atoms with E-state index in [2.05, 4.69) is 47.6 Å². The summed E-state index contributed by atoms with van der Waals surface area (Å²) in [6, 6.07) is 16.2. The Labute approximate surface area is 218 Å². The van der Waals surface area contributed by atoms with Crippen LogP contribution in [0, 0.1) is 5.92 Å². The quantitative estimate of drug-likeness (QED) is 0.256. The van der Waals surface area contributed by atoms with Gasteiger partial charge in [0, 0.05) is 58.1 Å². The molecule has 8 nitrogen and oxygen atoms in total. The van der Waals surface area contributed by atoms with Crippen LogP contribution < -0.4 is 5.32 Å². The maximum atomic E-state index is 12.6. The highest BCUT2D eigenvalue weighted by molar-refractivity contribution is 6.01. The Morgan fingerprint density at radius 1 is 0.789 bits per heavy atom. The van der Waals surface area contributed by atoms with Gasteiger partial charge in [-0.2, -0.15) is 5.10 Å². The molecule has 6 aromatic rings. The van der Waals surface area contributed by atoms with E-state index in [4.69, 9.17) is 0 Å². The second-order valence-electron chi connectivity index (χ2n) is 9.81. The molecule has 1 saturated carbocycles. The van der Waals surface area contributed by atoms with E-state index in [9.17, 15) is 4.79 Å². The second kappa shape index (κ2) is 9.23. The van der Waals surface area contributed by atoms with Gasteiger partial charge in [0.05, 0.1) is 28.8 Å². The first-order valence-electron chi connectivity index (χ1n) is 12.9. The van der Waals surface area contributed by atoms with Crippen molar-refractivity contribution < 1.29 is 4.79 Å². The SMILES string of the molecule is O=C(Nc1cncc(-c2ccc3[nH]nc(-c4cc5c(-c6ccncc6)nccc5[nH]4)c3c2)c1)C1CCCC1. The summed E-state index contributed by atoms with van der Waals surface area (Å²) in [5, 5.41) is 12.9. The minimum absolute atomic E-state index is 0.0912. The van der Waals surface area contributed by atoms with E-state index >= 15 is 0 Å². The third kappa shape index (κ3) is 4.00. The van der Waals surface area contributed by atoms with Gasteiger partial charge in [-0.3, -0.25) is 24.8 Å². The van der Waals surface area contributed by atoms with Gasteiger partial charge in [0.25, 0.3) is 0 Å². The van der Waals surface area contributed by atoms with Gasteiger partial charge in [-0.1, -0.05) is 18.9 Å². The third-order valence-corrected chi connectivity index (χ3v) is 7.38. The van der Waals surface area contributed by atoms with Gasteiger partial charge >= 0.3 is 0 Å². The predicted molar refractivity (Wildman–Crippen MR) is 148 cm³/mol. The van der Waals surface area contributed by atoms with Crippen molar-refractivity contribution in [1.82, 2.24) is 30.1 Å². The second-order valence-corrected chi connectivity index (χ2v) is 9.81. The highest BCUT2D eigenvalue weighted by Gasteiger charge is 2.23. The largest absolute Gasteiger partial charge is 0.353 e. The Kier molecular flexibility index (Phi) is 5.43. The number of H-pyrrole nitrogens is 2. The van der Waals surface area contributed by atoms with E-state index in [0.29, 0.717) is 0 Å². The predicted octanol–water partition coefficient (Wildman–Crippen LogP) is 6.36. The average molecular weight is 500 g/mol. The fourth-order valence-electron chi connectivity index (χ4n) is 5.42. The molecule has 0 spiro atoms. The first-order valence-corrected chi connectivity index (χ1v) is 12.9. The molecular weight excluding hydrogens is 474 g/mol. The number of nitrogens with zero attached hydrogens (tertiary/aromatic N) is 4.